The molecule has 1 amide bonds. The first kappa shape index (κ1) is 10.2. The Morgan fingerprint density at radius 1 is 1.73 bits per heavy atom. The molecule has 0 bridgehead atoms. The number of fused-ring (bicyclic) bond motifs is 1. The minimum Gasteiger partial charge on any atom is -0.459 e. The Morgan fingerprint density at radius 2 is 2.47 bits per heavy atom. The van der Waals surface area contributed by atoms with Crippen LogP contribution in [-0.4, -0.2) is 41.1 Å². The summed E-state index contributed by atoms with van der Waals surface area (Å²) in [7, 11) is 0. The van der Waals surface area contributed by atoms with Crippen molar-refractivity contribution < 1.29 is 19.4 Å². The molecule has 0 aromatic rings. The highest BCUT2D eigenvalue weighted by molar-refractivity contribution is 5.98. The Labute approximate surface area is 87.3 Å². The van der Waals surface area contributed by atoms with Crippen molar-refractivity contribution in [3.63, 3.8) is 0 Å². The molecule has 15 heavy (non-hydrogen) atoms. The first-order chi connectivity index (χ1) is 7.15. The van der Waals surface area contributed by atoms with E-state index in [9.17, 15) is 9.59 Å². The molecule has 5 heteroatoms. The quantitative estimate of drug-likeness (QED) is 0.512. The number of aliphatic hydroxyl groups is 1. The molecule has 2 rings (SSSR count). The second-order valence-corrected chi connectivity index (χ2v) is 3.81. The van der Waals surface area contributed by atoms with E-state index in [0.29, 0.717) is 12.1 Å². The number of rotatable bonds is 3. The summed E-state index contributed by atoms with van der Waals surface area (Å²) in [6, 6.07) is 0.133. The Balaban J connectivity index is 2.05. The molecular weight excluding hydrogens is 198 g/mol. The molecule has 0 radical (unpaired) electrons. The number of β-lactam (4-membered cyclic amide) rings is 1. The molecule has 0 saturated carbocycles. The molecule has 2 aliphatic heterocycles. The van der Waals surface area contributed by atoms with E-state index in [-0.39, 0.29) is 31.1 Å². The number of hydrogen-bond donors (Lipinski definition) is 1. The van der Waals surface area contributed by atoms with Crippen molar-refractivity contribution in [2.75, 3.05) is 13.2 Å². The number of nitrogens with zero attached hydrogens (tertiary/aromatic N) is 1. The Hall–Kier alpha value is -1.36. The number of hydrogen-bond acceptors (Lipinski definition) is 4. The highest BCUT2D eigenvalue weighted by atomic mass is 16.5. The first-order valence-electron chi connectivity index (χ1n) is 4.97. The van der Waals surface area contributed by atoms with Crippen LogP contribution in [0.4, 0.5) is 0 Å². The summed E-state index contributed by atoms with van der Waals surface area (Å²) in [6.45, 7) is 1.74. The number of amides is 1. The molecular formula is C10H13NO4. The van der Waals surface area contributed by atoms with Crippen molar-refractivity contribution in [1.82, 2.24) is 4.90 Å². The fourth-order valence-corrected chi connectivity index (χ4v) is 1.99. The monoisotopic (exact) mass is 211 g/mol. The SMILES string of the molecule is C[C@@H]1C=C(C(=O)OCCO)N2C(=O)C[C@@H]12. The number of ether oxygens (including phenoxy) is 1. The van der Waals surface area contributed by atoms with Crippen molar-refractivity contribution in [3.05, 3.63) is 11.8 Å². The largest absolute Gasteiger partial charge is 0.459 e. The van der Waals surface area contributed by atoms with E-state index in [1.54, 1.807) is 6.08 Å². The predicted octanol–water partition coefficient (Wildman–Crippen LogP) is -0.344. The zero-order valence-corrected chi connectivity index (χ0v) is 8.47. The van der Waals surface area contributed by atoms with Crippen LogP contribution in [0.2, 0.25) is 0 Å². The van der Waals surface area contributed by atoms with E-state index < -0.39 is 5.97 Å². The van der Waals surface area contributed by atoms with Gasteiger partial charge in [0.05, 0.1) is 12.6 Å². The van der Waals surface area contributed by atoms with Crippen LogP contribution < -0.4 is 0 Å². The highest BCUT2D eigenvalue weighted by Gasteiger charge is 2.47. The molecule has 1 fully saturated rings. The third-order valence-corrected chi connectivity index (χ3v) is 2.80. The zero-order chi connectivity index (χ0) is 11.0. The van der Waals surface area contributed by atoms with E-state index in [4.69, 9.17) is 9.84 Å². The van der Waals surface area contributed by atoms with E-state index in [0.717, 1.165) is 0 Å². The first-order valence-corrected chi connectivity index (χ1v) is 4.97. The Bertz CT molecular complexity index is 336. The minimum atomic E-state index is -0.522. The number of esters is 1. The molecule has 82 valence electrons. The fraction of sp³-hybridized carbons (Fsp3) is 0.600. The van der Waals surface area contributed by atoms with Gasteiger partial charge in [-0.1, -0.05) is 6.92 Å². The lowest BCUT2D eigenvalue weighted by atomic mass is 9.94. The molecule has 2 heterocycles. The standard InChI is InChI=1S/C10H13NO4/c1-6-4-8(10(14)15-3-2-12)11-7(6)5-9(11)13/h4,6-7,12H,2-3,5H2,1H3/t6-,7+/m1/s1. The summed E-state index contributed by atoms with van der Waals surface area (Å²) in [5, 5.41) is 8.52. The number of carbonyl (C=O) groups excluding carboxylic acids is 2. The summed E-state index contributed by atoms with van der Waals surface area (Å²) in [4.78, 5) is 24.3. The van der Waals surface area contributed by atoms with Crippen molar-refractivity contribution in [1.29, 1.82) is 0 Å². The maximum absolute atomic E-state index is 11.5. The second-order valence-electron chi connectivity index (χ2n) is 3.81. The normalized spacial score (nSPS) is 28.3. The van der Waals surface area contributed by atoms with Gasteiger partial charge in [0.2, 0.25) is 5.91 Å². The second kappa shape index (κ2) is 3.66. The molecule has 2 atom stereocenters. The van der Waals surface area contributed by atoms with E-state index in [1.165, 1.54) is 4.90 Å². The van der Waals surface area contributed by atoms with Crippen LogP contribution in [0.15, 0.2) is 11.8 Å². The van der Waals surface area contributed by atoms with Crippen LogP contribution in [0.25, 0.3) is 0 Å². The average Bonchev–Trinajstić information content (AvgIpc) is 2.46. The Kier molecular flexibility index (Phi) is 2.48. The minimum absolute atomic E-state index is 0.0305. The molecule has 1 N–H and O–H groups in total. The fourth-order valence-electron chi connectivity index (χ4n) is 1.99. The third-order valence-electron chi connectivity index (χ3n) is 2.80. The van der Waals surface area contributed by atoms with Gasteiger partial charge in [-0.3, -0.25) is 4.79 Å². The Morgan fingerprint density at radius 3 is 3.07 bits per heavy atom. The smallest absolute Gasteiger partial charge is 0.354 e. The highest BCUT2D eigenvalue weighted by Crippen LogP contribution is 2.37. The lowest BCUT2D eigenvalue weighted by Gasteiger charge is -2.37. The van der Waals surface area contributed by atoms with Gasteiger partial charge in [-0.2, -0.15) is 0 Å². The lowest BCUT2D eigenvalue weighted by molar-refractivity contribution is -0.151. The van der Waals surface area contributed by atoms with Gasteiger partial charge in [-0.25, -0.2) is 4.79 Å². The van der Waals surface area contributed by atoms with Gasteiger partial charge in [0.1, 0.15) is 12.3 Å². The van der Waals surface area contributed by atoms with Crippen molar-refractivity contribution in [3.8, 4) is 0 Å². The summed E-state index contributed by atoms with van der Waals surface area (Å²) in [5.74, 6) is -0.345. The van der Waals surface area contributed by atoms with Crippen LogP contribution in [0.5, 0.6) is 0 Å². The average molecular weight is 211 g/mol. The molecule has 0 aromatic heterocycles. The molecule has 0 spiro atoms. The third kappa shape index (κ3) is 1.52. The van der Waals surface area contributed by atoms with E-state index >= 15 is 0 Å². The van der Waals surface area contributed by atoms with Crippen LogP contribution in [0.3, 0.4) is 0 Å². The predicted molar refractivity (Wildman–Crippen MR) is 50.5 cm³/mol. The molecule has 0 aliphatic carbocycles. The van der Waals surface area contributed by atoms with Gasteiger partial charge in [0.15, 0.2) is 0 Å². The van der Waals surface area contributed by atoms with E-state index in [2.05, 4.69) is 0 Å². The molecule has 5 nitrogen and oxygen atoms in total. The maximum Gasteiger partial charge on any atom is 0.354 e. The van der Waals surface area contributed by atoms with Gasteiger partial charge in [0.25, 0.3) is 0 Å². The topological polar surface area (TPSA) is 66.8 Å². The van der Waals surface area contributed by atoms with Gasteiger partial charge in [0, 0.05) is 6.42 Å². The lowest BCUT2D eigenvalue weighted by Crippen LogP contribution is -2.51. The summed E-state index contributed by atoms with van der Waals surface area (Å²) in [6.07, 6.45) is 2.27. The number of carbonyl (C=O) groups is 2. The van der Waals surface area contributed by atoms with Gasteiger partial charge in [-0.05, 0) is 12.0 Å². The van der Waals surface area contributed by atoms with Crippen molar-refractivity contribution >= 4 is 11.9 Å². The van der Waals surface area contributed by atoms with Crippen molar-refractivity contribution in [2.24, 2.45) is 5.92 Å². The molecule has 1 saturated heterocycles. The molecule has 0 unspecified atom stereocenters. The zero-order valence-electron chi connectivity index (χ0n) is 8.47. The van der Waals surface area contributed by atoms with Gasteiger partial charge < -0.3 is 14.7 Å². The molecule has 0 aromatic carbocycles. The van der Waals surface area contributed by atoms with Gasteiger partial charge in [-0.15, -0.1) is 0 Å². The molecule has 2 aliphatic rings. The number of aliphatic hydroxyl groups excluding tert-OH is 1. The van der Waals surface area contributed by atoms with Crippen LogP contribution >= 0.6 is 0 Å². The summed E-state index contributed by atoms with van der Waals surface area (Å²) >= 11 is 0. The van der Waals surface area contributed by atoms with Crippen LogP contribution in [0, 0.1) is 5.92 Å². The van der Waals surface area contributed by atoms with Crippen LogP contribution in [-0.2, 0) is 14.3 Å². The maximum atomic E-state index is 11.5. The van der Waals surface area contributed by atoms with E-state index in [1.807, 2.05) is 6.92 Å². The van der Waals surface area contributed by atoms with Crippen LogP contribution in [0.1, 0.15) is 13.3 Å². The summed E-state index contributed by atoms with van der Waals surface area (Å²) < 4.78 is 4.77. The van der Waals surface area contributed by atoms with Crippen molar-refractivity contribution in [2.45, 2.75) is 19.4 Å². The van der Waals surface area contributed by atoms with Gasteiger partial charge >= 0.3 is 5.97 Å². The summed E-state index contributed by atoms with van der Waals surface area (Å²) in [5.41, 5.74) is 0.331.